The highest BCUT2D eigenvalue weighted by atomic mass is 16.5. The number of carbonyl (C=O) groups excluding carboxylic acids is 2. The number of aryl methyl sites for hydroxylation is 1. The molecule has 19 heavy (non-hydrogen) atoms. The van der Waals surface area contributed by atoms with E-state index in [1.807, 2.05) is 31.2 Å². The van der Waals surface area contributed by atoms with Crippen LogP contribution < -0.4 is 5.32 Å². The van der Waals surface area contributed by atoms with Gasteiger partial charge in [0.1, 0.15) is 0 Å². The van der Waals surface area contributed by atoms with Crippen LogP contribution in [0.3, 0.4) is 0 Å². The third kappa shape index (κ3) is 6.57. The minimum absolute atomic E-state index is 0.109. The normalized spacial score (nSPS) is 10.0. The lowest BCUT2D eigenvalue weighted by Gasteiger charge is -2.06. The van der Waals surface area contributed by atoms with Gasteiger partial charge in [-0.15, -0.1) is 0 Å². The molecule has 0 aromatic heterocycles. The van der Waals surface area contributed by atoms with Gasteiger partial charge in [-0.25, -0.2) is 0 Å². The van der Waals surface area contributed by atoms with Gasteiger partial charge in [0.15, 0.2) is 0 Å². The van der Waals surface area contributed by atoms with E-state index in [0.29, 0.717) is 0 Å². The molecule has 0 saturated carbocycles. The van der Waals surface area contributed by atoms with Crippen LogP contribution in [0.1, 0.15) is 18.4 Å². The van der Waals surface area contributed by atoms with Gasteiger partial charge in [-0.2, -0.15) is 0 Å². The first-order chi connectivity index (χ1) is 9.11. The zero-order valence-corrected chi connectivity index (χ0v) is 11.3. The van der Waals surface area contributed by atoms with Crippen molar-refractivity contribution >= 4 is 17.6 Å². The molecule has 0 aliphatic heterocycles. The Morgan fingerprint density at radius 2 is 1.74 bits per heavy atom. The summed E-state index contributed by atoms with van der Waals surface area (Å²) in [5.41, 5.74) is 1.91. The zero-order valence-electron chi connectivity index (χ0n) is 11.3. The van der Waals surface area contributed by atoms with E-state index in [0.717, 1.165) is 11.3 Å². The second-order valence-corrected chi connectivity index (χ2v) is 4.10. The van der Waals surface area contributed by atoms with E-state index in [2.05, 4.69) is 10.1 Å². The molecule has 0 radical (unpaired) electrons. The van der Waals surface area contributed by atoms with E-state index in [4.69, 9.17) is 4.74 Å². The van der Waals surface area contributed by atoms with Crippen LogP contribution in [0, 0.1) is 6.92 Å². The van der Waals surface area contributed by atoms with Crippen molar-refractivity contribution in [2.45, 2.75) is 19.8 Å². The van der Waals surface area contributed by atoms with Gasteiger partial charge in [-0.3, -0.25) is 9.59 Å². The number of benzene rings is 1. The maximum atomic E-state index is 11.6. The van der Waals surface area contributed by atoms with E-state index < -0.39 is 0 Å². The summed E-state index contributed by atoms with van der Waals surface area (Å²) in [5, 5.41) is 2.77. The number of rotatable bonds is 7. The third-order valence-corrected chi connectivity index (χ3v) is 2.49. The van der Waals surface area contributed by atoms with Crippen molar-refractivity contribution < 1.29 is 19.1 Å². The summed E-state index contributed by atoms with van der Waals surface area (Å²) in [5.74, 6) is -0.425. The first-order valence-electron chi connectivity index (χ1n) is 6.13. The van der Waals surface area contributed by atoms with Crippen LogP contribution in [0.2, 0.25) is 0 Å². The molecule has 5 heteroatoms. The molecule has 0 unspecified atom stereocenters. The van der Waals surface area contributed by atoms with Crippen LogP contribution >= 0.6 is 0 Å². The Labute approximate surface area is 112 Å². The first-order valence-corrected chi connectivity index (χ1v) is 6.13. The Morgan fingerprint density at radius 1 is 1.11 bits per heavy atom. The first kappa shape index (κ1) is 15.2. The van der Waals surface area contributed by atoms with Gasteiger partial charge >= 0.3 is 5.97 Å². The van der Waals surface area contributed by atoms with Crippen molar-refractivity contribution in [3.8, 4) is 0 Å². The van der Waals surface area contributed by atoms with E-state index in [9.17, 15) is 9.59 Å². The van der Waals surface area contributed by atoms with Crippen LogP contribution in [0.15, 0.2) is 24.3 Å². The Kier molecular flexibility index (Phi) is 6.60. The van der Waals surface area contributed by atoms with Gasteiger partial charge < -0.3 is 14.8 Å². The summed E-state index contributed by atoms with van der Waals surface area (Å²) in [7, 11) is 1.33. The molecule has 1 rings (SSSR count). The van der Waals surface area contributed by atoms with Crippen molar-refractivity contribution in [2.24, 2.45) is 0 Å². The monoisotopic (exact) mass is 265 g/mol. The van der Waals surface area contributed by atoms with Crippen LogP contribution in [0.25, 0.3) is 0 Å². The molecule has 1 N–H and O–H groups in total. The maximum Gasteiger partial charge on any atom is 0.307 e. The number of anilines is 1. The molecular weight excluding hydrogens is 246 g/mol. The molecular formula is C14H19NO4. The SMILES string of the molecule is COC(=O)CCOCCC(=O)Nc1ccc(C)cc1. The van der Waals surface area contributed by atoms with Gasteiger partial charge in [-0.05, 0) is 19.1 Å². The predicted molar refractivity (Wildman–Crippen MR) is 71.9 cm³/mol. The second-order valence-electron chi connectivity index (χ2n) is 4.10. The molecule has 104 valence electrons. The fourth-order valence-electron chi connectivity index (χ4n) is 1.38. The minimum atomic E-state index is -0.316. The molecule has 5 nitrogen and oxygen atoms in total. The lowest BCUT2D eigenvalue weighted by Crippen LogP contribution is -2.15. The third-order valence-electron chi connectivity index (χ3n) is 2.49. The topological polar surface area (TPSA) is 64.6 Å². The van der Waals surface area contributed by atoms with Gasteiger partial charge in [0.05, 0.1) is 33.2 Å². The Morgan fingerprint density at radius 3 is 2.37 bits per heavy atom. The van der Waals surface area contributed by atoms with Crippen LogP contribution in [-0.2, 0) is 19.1 Å². The predicted octanol–water partition coefficient (Wildman–Crippen LogP) is 1.90. The fraction of sp³-hybridized carbons (Fsp3) is 0.429. The molecule has 0 aliphatic rings. The van der Waals surface area contributed by atoms with Crippen molar-refractivity contribution in [1.29, 1.82) is 0 Å². The lowest BCUT2D eigenvalue weighted by molar-refractivity contribution is -0.141. The van der Waals surface area contributed by atoms with Gasteiger partial charge in [-0.1, -0.05) is 17.7 Å². The number of carbonyl (C=O) groups is 2. The molecule has 0 atom stereocenters. The molecule has 1 aromatic carbocycles. The summed E-state index contributed by atoms with van der Waals surface area (Å²) in [6, 6.07) is 7.57. The number of ether oxygens (including phenoxy) is 2. The highest BCUT2D eigenvalue weighted by Gasteiger charge is 2.03. The standard InChI is InChI=1S/C14H19NO4/c1-11-3-5-12(6-4-11)15-13(16)7-9-19-10-8-14(17)18-2/h3-6H,7-10H2,1-2H3,(H,15,16). The Balaban J connectivity index is 2.14. The van der Waals surface area contributed by atoms with Gasteiger partial charge in [0.25, 0.3) is 0 Å². The van der Waals surface area contributed by atoms with Crippen molar-refractivity contribution in [2.75, 3.05) is 25.6 Å². The molecule has 0 saturated heterocycles. The van der Waals surface area contributed by atoms with E-state index >= 15 is 0 Å². The Hall–Kier alpha value is -1.88. The quantitative estimate of drug-likeness (QED) is 0.604. The minimum Gasteiger partial charge on any atom is -0.469 e. The second kappa shape index (κ2) is 8.26. The number of hydrogen-bond donors (Lipinski definition) is 1. The molecule has 0 aliphatic carbocycles. The van der Waals surface area contributed by atoms with E-state index in [-0.39, 0.29) is 37.9 Å². The molecule has 1 amide bonds. The van der Waals surface area contributed by atoms with E-state index in [1.54, 1.807) is 0 Å². The van der Waals surface area contributed by atoms with Crippen molar-refractivity contribution in [3.05, 3.63) is 29.8 Å². The molecule has 0 spiro atoms. The van der Waals surface area contributed by atoms with Gasteiger partial charge in [0.2, 0.25) is 5.91 Å². The molecule has 0 fully saturated rings. The summed E-state index contributed by atoms with van der Waals surface area (Å²) in [6.45, 7) is 2.54. The highest BCUT2D eigenvalue weighted by Crippen LogP contribution is 2.08. The molecule has 0 bridgehead atoms. The summed E-state index contributed by atoms with van der Waals surface area (Å²) >= 11 is 0. The maximum absolute atomic E-state index is 11.6. The highest BCUT2D eigenvalue weighted by molar-refractivity contribution is 5.90. The summed E-state index contributed by atoms with van der Waals surface area (Å²) in [6.07, 6.45) is 0.463. The number of hydrogen-bond acceptors (Lipinski definition) is 4. The lowest BCUT2D eigenvalue weighted by atomic mass is 10.2. The van der Waals surface area contributed by atoms with Crippen LogP contribution in [0.4, 0.5) is 5.69 Å². The Bertz CT molecular complexity index is 414. The zero-order chi connectivity index (χ0) is 14.1. The fourth-order valence-corrected chi connectivity index (χ4v) is 1.38. The smallest absolute Gasteiger partial charge is 0.307 e. The average molecular weight is 265 g/mol. The van der Waals surface area contributed by atoms with Gasteiger partial charge in [0, 0.05) is 5.69 Å². The number of nitrogens with one attached hydrogen (secondary N) is 1. The van der Waals surface area contributed by atoms with Crippen molar-refractivity contribution in [3.63, 3.8) is 0 Å². The van der Waals surface area contributed by atoms with Crippen LogP contribution in [0.5, 0.6) is 0 Å². The largest absolute Gasteiger partial charge is 0.469 e. The number of methoxy groups -OCH3 is 1. The van der Waals surface area contributed by atoms with Crippen LogP contribution in [-0.4, -0.2) is 32.2 Å². The number of amides is 1. The van der Waals surface area contributed by atoms with Crippen molar-refractivity contribution in [1.82, 2.24) is 0 Å². The average Bonchev–Trinajstić information content (AvgIpc) is 2.40. The molecule has 1 aromatic rings. The summed E-state index contributed by atoms with van der Waals surface area (Å²) in [4.78, 5) is 22.4. The summed E-state index contributed by atoms with van der Waals surface area (Å²) < 4.78 is 9.64. The molecule has 0 heterocycles. The number of esters is 1. The van der Waals surface area contributed by atoms with E-state index in [1.165, 1.54) is 7.11 Å².